The molecule has 1 aromatic carbocycles. The lowest BCUT2D eigenvalue weighted by Crippen LogP contribution is -2.16. The lowest BCUT2D eigenvalue weighted by molar-refractivity contribution is 0.595. The molecule has 4 nitrogen and oxygen atoms in total. The Morgan fingerprint density at radius 2 is 1.61 bits per heavy atom. The molecule has 0 radical (unpaired) electrons. The third-order valence-corrected chi connectivity index (χ3v) is 3.82. The van der Waals surface area contributed by atoms with E-state index in [1.165, 1.54) is 6.07 Å². The average Bonchev–Trinajstić information content (AvgIpc) is 2.25. The van der Waals surface area contributed by atoms with Crippen molar-refractivity contribution in [3.63, 3.8) is 0 Å². The molecule has 18 heavy (non-hydrogen) atoms. The van der Waals surface area contributed by atoms with Crippen molar-refractivity contribution in [2.75, 3.05) is 0 Å². The minimum Gasteiger partial charge on any atom is -0.225 e. The van der Waals surface area contributed by atoms with Crippen molar-refractivity contribution in [2.45, 2.75) is 44.4 Å². The summed E-state index contributed by atoms with van der Waals surface area (Å²) in [7, 11) is -3.80. The van der Waals surface area contributed by atoms with Crippen LogP contribution in [0.2, 0.25) is 0 Å². The number of nitrogens with two attached hydrogens (primary N) is 1. The number of primary sulfonamides is 1. The Hall–Kier alpha value is -1.38. The molecule has 0 spiro atoms. The van der Waals surface area contributed by atoms with Crippen molar-refractivity contribution in [3.05, 3.63) is 28.8 Å². The van der Waals surface area contributed by atoms with Gasteiger partial charge in [0, 0.05) is 0 Å². The Kier molecular flexibility index (Phi) is 4.15. The van der Waals surface area contributed by atoms with Crippen LogP contribution in [0.1, 0.15) is 56.2 Å². The molecular formula is C13H18N2O2S. The van der Waals surface area contributed by atoms with Gasteiger partial charge in [-0.3, -0.25) is 0 Å². The maximum Gasteiger partial charge on any atom is 0.238 e. The number of nitriles is 1. The first kappa shape index (κ1) is 14.7. The number of hydrogen-bond donors (Lipinski definition) is 1. The molecule has 1 rings (SSSR count). The number of sulfonamides is 1. The van der Waals surface area contributed by atoms with Crippen LogP contribution in [-0.2, 0) is 10.0 Å². The number of nitrogens with zero attached hydrogens (tertiary/aromatic N) is 1. The van der Waals surface area contributed by atoms with Crippen LogP contribution < -0.4 is 5.14 Å². The lowest BCUT2D eigenvalue weighted by Gasteiger charge is -2.16. The third kappa shape index (κ3) is 2.89. The summed E-state index contributed by atoms with van der Waals surface area (Å²) in [5, 5.41) is 14.3. The van der Waals surface area contributed by atoms with Gasteiger partial charge in [-0.1, -0.05) is 33.8 Å². The minimum absolute atomic E-state index is 0.0311. The highest BCUT2D eigenvalue weighted by atomic mass is 32.2. The van der Waals surface area contributed by atoms with Gasteiger partial charge in [-0.15, -0.1) is 0 Å². The Morgan fingerprint density at radius 1 is 1.11 bits per heavy atom. The monoisotopic (exact) mass is 266 g/mol. The summed E-state index contributed by atoms with van der Waals surface area (Å²) in [6.45, 7) is 7.74. The number of hydrogen-bond acceptors (Lipinski definition) is 3. The van der Waals surface area contributed by atoms with Crippen molar-refractivity contribution in [3.8, 4) is 6.07 Å². The molecule has 2 N–H and O–H groups in total. The minimum atomic E-state index is -3.80. The fourth-order valence-electron chi connectivity index (χ4n) is 1.89. The second kappa shape index (κ2) is 5.09. The van der Waals surface area contributed by atoms with Crippen LogP contribution in [0.5, 0.6) is 0 Å². The Labute approximate surface area is 108 Å². The van der Waals surface area contributed by atoms with Crippen molar-refractivity contribution in [2.24, 2.45) is 5.14 Å². The van der Waals surface area contributed by atoms with Gasteiger partial charge in [-0.05, 0) is 29.0 Å². The van der Waals surface area contributed by atoms with E-state index < -0.39 is 10.0 Å². The number of rotatable bonds is 3. The zero-order valence-electron chi connectivity index (χ0n) is 11.1. The molecular weight excluding hydrogens is 248 g/mol. The molecule has 1 aromatic rings. The van der Waals surface area contributed by atoms with E-state index in [9.17, 15) is 8.42 Å². The first-order chi connectivity index (χ1) is 8.18. The molecule has 0 unspecified atom stereocenters. The van der Waals surface area contributed by atoms with Crippen molar-refractivity contribution in [1.29, 1.82) is 5.26 Å². The van der Waals surface area contributed by atoms with Crippen LogP contribution in [0.15, 0.2) is 17.0 Å². The molecule has 0 amide bonds. The molecule has 0 bridgehead atoms. The molecule has 5 heteroatoms. The predicted molar refractivity (Wildman–Crippen MR) is 70.7 cm³/mol. The quantitative estimate of drug-likeness (QED) is 0.912. The fraction of sp³-hybridized carbons (Fsp3) is 0.462. The van der Waals surface area contributed by atoms with Crippen LogP contribution >= 0.6 is 0 Å². The van der Waals surface area contributed by atoms with Crippen molar-refractivity contribution < 1.29 is 8.42 Å². The Bertz CT molecular complexity index is 596. The van der Waals surface area contributed by atoms with E-state index in [0.29, 0.717) is 11.1 Å². The van der Waals surface area contributed by atoms with E-state index >= 15 is 0 Å². The summed E-state index contributed by atoms with van der Waals surface area (Å²) >= 11 is 0. The highest BCUT2D eigenvalue weighted by Crippen LogP contribution is 2.30. The largest absolute Gasteiger partial charge is 0.238 e. The van der Waals surface area contributed by atoms with Gasteiger partial charge in [0.1, 0.15) is 0 Å². The molecule has 0 heterocycles. The molecule has 0 aliphatic carbocycles. The van der Waals surface area contributed by atoms with E-state index in [2.05, 4.69) is 0 Å². The van der Waals surface area contributed by atoms with Crippen LogP contribution in [-0.4, -0.2) is 8.42 Å². The fourth-order valence-corrected chi connectivity index (χ4v) is 2.79. The molecule has 0 saturated carbocycles. The van der Waals surface area contributed by atoms with E-state index in [0.717, 1.165) is 5.56 Å². The molecule has 98 valence electrons. The van der Waals surface area contributed by atoms with Crippen LogP contribution in [0.4, 0.5) is 0 Å². The normalized spacial score (nSPS) is 11.9. The van der Waals surface area contributed by atoms with Gasteiger partial charge in [0.25, 0.3) is 0 Å². The third-order valence-electron chi connectivity index (χ3n) is 2.85. The second-order valence-electron chi connectivity index (χ2n) is 4.94. The maximum absolute atomic E-state index is 11.6. The van der Waals surface area contributed by atoms with Gasteiger partial charge < -0.3 is 0 Å². The van der Waals surface area contributed by atoms with Gasteiger partial charge in [-0.2, -0.15) is 5.26 Å². The zero-order valence-corrected chi connectivity index (χ0v) is 11.9. The maximum atomic E-state index is 11.6. The van der Waals surface area contributed by atoms with Crippen LogP contribution in [0, 0.1) is 11.3 Å². The highest BCUT2D eigenvalue weighted by molar-refractivity contribution is 7.89. The van der Waals surface area contributed by atoms with Gasteiger partial charge in [-0.25, -0.2) is 13.6 Å². The first-order valence-corrected chi connectivity index (χ1v) is 7.33. The highest BCUT2D eigenvalue weighted by Gasteiger charge is 2.20. The van der Waals surface area contributed by atoms with E-state index in [4.69, 9.17) is 10.4 Å². The van der Waals surface area contributed by atoms with E-state index in [1.807, 2.05) is 33.8 Å². The summed E-state index contributed by atoms with van der Waals surface area (Å²) < 4.78 is 23.2. The molecule has 0 aliphatic rings. The van der Waals surface area contributed by atoms with Gasteiger partial charge in [0.05, 0.1) is 16.5 Å². The summed E-state index contributed by atoms with van der Waals surface area (Å²) in [5.41, 5.74) is 1.90. The average molecular weight is 266 g/mol. The second-order valence-corrected chi connectivity index (χ2v) is 6.47. The zero-order chi connectivity index (χ0) is 14.1. The van der Waals surface area contributed by atoms with E-state index in [-0.39, 0.29) is 16.7 Å². The predicted octanol–water partition coefficient (Wildman–Crippen LogP) is 2.45. The first-order valence-electron chi connectivity index (χ1n) is 5.79. The van der Waals surface area contributed by atoms with Crippen LogP contribution in [0.25, 0.3) is 0 Å². The van der Waals surface area contributed by atoms with Crippen molar-refractivity contribution >= 4 is 10.0 Å². The summed E-state index contributed by atoms with van der Waals surface area (Å²) in [6, 6.07) is 5.21. The molecule has 0 saturated heterocycles. The topological polar surface area (TPSA) is 84.0 Å². The van der Waals surface area contributed by atoms with Gasteiger partial charge in [0.2, 0.25) is 10.0 Å². The SMILES string of the molecule is CC(C)c1cc(C(C)C)c(S(N)(=O)=O)cc1C#N. The van der Waals surface area contributed by atoms with Gasteiger partial charge in [0.15, 0.2) is 0 Å². The summed E-state index contributed by atoms with van der Waals surface area (Å²) in [4.78, 5) is 0.0541. The standard InChI is InChI=1S/C13H18N2O2S/c1-8(2)11-6-12(9(3)4)13(18(15,16)17)5-10(11)7-14/h5-6,8-9H,1-4H3,(H2,15,16,17). The molecule has 0 aliphatic heterocycles. The Balaban J connectivity index is 3.70. The smallest absolute Gasteiger partial charge is 0.225 e. The lowest BCUT2D eigenvalue weighted by atomic mass is 9.92. The number of benzene rings is 1. The molecule has 0 atom stereocenters. The molecule has 0 fully saturated rings. The molecule has 0 aromatic heterocycles. The van der Waals surface area contributed by atoms with E-state index in [1.54, 1.807) is 6.07 Å². The van der Waals surface area contributed by atoms with Crippen molar-refractivity contribution in [1.82, 2.24) is 0 Å². The van der Waals surface area contributed by atoms with Crippen LogP contribution in [0.3, 0.4) is 0 Å². The Morgan fingerprint density at radius 3 is 1.94 bits per heavy atom. The van der Waals surface area contributed by atoms with Gasteiger partial charge >= 0.3 is 0 Å². The summed E-state index contributed by atoms with van der Waals surface area (Å²) in [5.74, 6) is 0.190. The summed E-state index contributed by atoms with van der Waals surface area (Å²) in [6.07, 6.45) is 0.